The van der Waals surface area contributed by atoms with E-state index in [-0.39, 0.29) is 11.7 Å². The van der Waals surface area contributed by atoms with E-state index in [0.29, 0.717) is 22.3 Å². The molecule has 3 nitrogen and oxygen atoms in total. The van der Waals surface area contributed by atoms with Crippen molar-refractivity contribution in [2.24, 2.45) is 0 Å². The van der Waals surface area contributed by atoms with Crippen molar-refractivity contribution < 1.29 is 9.18 Å². The maximum Gasteiger partial charge on any atom is 0.274 e. The third kappa shape index (κ3) is 2.49. The van der Waals surface area contributed by atoms with Crippen LogP contribution in [0.2, 0.25) is 0 Å². The summed E-state index contributed by atoms with van der Waals surface area (Å²) < 4.78 is 13.1. The molecule has 0 radical (unpaired) electrons. The zero-order valence-electron chi connectivity index (χ0n) is 10.5. The summed E-state index contributed by atoms with van der Waals surface area (Å²) in [5.41, 5.74) is 1.60. The van der Waals surface area contributed by atoms with Crippen LogP contribution in [0.3, 0.4) is 0 Å². The topological polar surface area (TPSA) is 42.0 Å². The predicted octanol–water partition coefficient (Wildman–Crippen LogP) is 3.63. The van der Waals surface area contributed by atoms with Crippen LogP contribution in [0.25, 0.3) is 10.9 Å². The third-order valence-electron chi connectivity index (χ3n) is 2.92. The molecule has 3 aromatic rings. The molecular formula is C16H11FN2O. The fourth-order valence-electron chi connectivity index (χ4n) is 1.94. The molecule has 0 fully saturated rings. The molecule has 0 aliphatic rings. The van der Waals surface area contributed by atoms with E-state index < -0.39 is 0 Å². The first-order chi connectivity index (χ1) is 9.72. The van der Waals surface area contributed by atoms with Crippen LogP contribution in [0, 0.1) is 5.82 Å². The largest absolute Gasteiger partial charge is 0.321 e. The second-order valence-electron chi connectivity index (χ2n) is 4.35. The van der Waals surface area contributed by atoms with Gasteiger partial charge in [0.1, 0.15) is 11.5 Å². The van der Waals surface area contributed by atoms with Gasteiger partial charge in [-0.15, -0.1) is 0 Å². The van der Waals surface area contributed by atoms with Gasteiger partial charge in [0, 0.05) is 11.1 Å². The first-order valence-electron chi connectivity index (χ1n) is 6.15. The van der Waals surface area contributed by atoms with Crippen LogP contribution in [-0.4, -0.2) is 10.9 Å². The Hall–Kier alpha value is -2.75. The average molecular weight is 266 g/mol. The highest BCUT2D eigenvalue weighted by atomic mass is 19.1. The van der Waals surface area contributed by atoms with E-state index in [0.717, 1.165) is 0 Å². The number of halogens is 1. The van der Waals surface area contributed by atoms with Gasteiger partial charge in [0.2, 0.25) is 0 Å². The first-order valence-corrected chi connectivity index (χ1v) is 6.15. The smallest absolute Gasteiger partial charge is 0.274 e. The van der Waals surface area contributed by atoms with Gasteiger partial charge in [-0.25, -0.2) is 9.37 Å². The van der Waals surface area contributed by atoms with Gasteiger partial charge >= 0.3 is 0 Å². The molecule has 4 heteroatoms. The Morgan fingerprint density at radius 1 is 1.00 bits per heavy atom. The van der Waals surface area contributed by atoms with Gasteiger partial charge in [0.05, 0.1) is 5.52 Å². The maximum atomic E-state index is 13.1. The molecule has 0 bridgehead atoms. The number of nitrogens with one attached hydrogen (secondary N) is 1. The molecule has 0 saturated heterocycles. The predicted molar refractivity (Wildman–Crippen MR) is 76.1 cm³/mol. The van der Waals surface area contributed by atoms with E-state index in [9.17, 15) is 9.18 Å². The Bertz CT molecular complexity index is 772. The van der Waals surface area contributed by atoms with Crippen molar-refractivity contribution in [1.82, 2.24) is 4.98 Å². The summed E-state index contributed by atoms with van der Waals surface area (Å²) in [6, 6.07) is 16.7. The molecule has 0 atom stereocenters. The van der Waals surface area contributed by atoms with Crippen LogP contribution in [0.15, 0.2) is 60.7 Å². The molecule has 0 aliphatic heterocycles. The third-order valence-corrected chi connectivity index (χ3v) is 2.92. The standard InChI is InChI=1S/C16H11FN2O/c17-12-7-9-14-11(10-12)6-8-15(19-14)16(20)18-13-4-2-1-3-5-13/h1-10H,(H,18,20). The molecule has 0 saturated carbocycles. The summed E-state index contributed by atoms with van der Waals surface area (Å²) in [5, 5.41) is 3.43. The molecule has 1 amide bonds. The van der Waals surface area contributed by atoms with Crippen LogP contribution in [0.1, 0.15) is 10.5 Å². The van der Waals surface area contributed by atoms with Gasteiger partial charge in [-0.2, -0.15) is 0 Å². The number of nitrogens with zero attached hydrogens (tertiary/aromatic N) is 1. The Morgan fingerprint density at radius 2 is 1.80 bits per heavy atom. The summed E-state index contributed by atoms with van der Waals surface area (Å²) >= 11 is 0. The van der Waals surface area contributed by atoms with Gasteiger partial charge < -0.3 is 5.32 Å². The molecule has 20 heavy (non-hydrogen) atoms. The Morgan fingerprint density at radius 3 is 2.60 bits per heavy atom. The number of aromatic nitrogens is 1. The number of fused-ring (bicyclic) bond motifs is 1. The van der Waals surface area contributed by atoms with Gasteiger partial charge in [-0.1, -0.05) is 24.3 Å². The van der Waals surface area contributed by atoms with E-state index in [4.69, 9.17) is 0 Å². The van der Waals surface area contributed by atoms with E-state index in [1.54, 1.807) is 30.3 Å². The molecule has 1 heterocycles. The Kier molecular flexibility index (Phi) is 3.13. The molecule has 2 aromatic carbocycles. The van der Waals surface area contributed by atoms with Crippen molar-refractivity contribution in [2.45, 2.75) is 0 Å². The first kappa shape index (κ1) is 12.3. The lowest BCUT2D eigenvalue weighted by atomic mass is 10.2. The highest BCUT2D eigenvalue weighted by Crippen LogP contribution is 2.15. The molecular weight excluding hydrogens is 255 g/mol. The van der Waals surface area contributed by atoms with Crippen LogP contribution >= 0.6 is 0 Å². The number of amides is 1. The van der Waals surface area contributed by atoms with E-state index in [2.05, 4.69) is 10.3 Å². The summed E-state index contributed by atoms with van der Waals surface area (Å²) in [4.78, 5) is 16.3. The van der Waals surface area contributed by atoms with Gasteiger partial charge in [0.25, 0.3) is 5.91 Å². The van der Waals surface area contributed by atoms with Crippen molar-refractivity contribution in [3.63, 3.8) is 0 Å². The zero-order valence-corrected chi connectivity index (χ0v) is 10.5. The Balaban J connectivity index is 1.90. The SMILES string of the molecule is O=C(Nc1ccccc1)c1ccc2cc(F)ccc2n1. The highest BCUT2D eigenvalue weighted by Gasteiger charge is 2.08. The maximum absolute atomic E-state index is 13.1. The number of hydrogen-bond donors (Lipinski definition) is 1. The zero-order chi connectivity index (χ0) is 13.9. The van der Waals surface area contributed by atoms with Crippen molar-refractivity contribution in [3.05, 3.63) is 72.2 Å². The fraction of sp³-hybridized carbons (Fsp3) is 0. The summed E-state index contributed by atoms with van der Waals surface area (Å²) in [5.74, 6) is -0.608. The number of carbonyl (C=O) groups excluding carboxylic acids is 1. The quantitative estimate of drug-likeness (QED) is 0.769. The summed E-state index contributed by atoms with van der Waals surface area (Å²) in [7, 11) is 0. The normalized spacial score (nSPS) is 10.4. The minimum atomic E-state index is -0.319. The second kappa shape index (κ2) is 5.09. The minimum absolute atomic E-state index is 0.289. The van der Waals surface area contributed by atoms with Gasteiger partial charge in [0.15, 0.2) is 0 Å². The Labute approximate surface area is 115 Å². The number of benzene rings is 2. The van der Waals surface area contributed by atoms with E-state index in [1.165, 1.54) is 12.1 Å². The van der Waals surface area contributed by atoms with Crippen molar-refractivity contribution in [1.29, 1.82) is 0 Å². The number of anilines is 1. The molecule has 1 aromatic heterocycles. The lowest BCUT2D eigenvalue weighted by molar-refractivity contribution is 0.102. The minimum Gasteiger partial charge on any atom is -0.321 e. The fourth-order valence-corrected chi connectivity index (χ4v) is 1.94. The number of carbonyl (C=O) groups is 1. The van der Waals surface area contributed by atoms with Gasteiger partial charge in [-0.3, -0.25) is 4.79 Å². The van der Waals surface area contributed by atoms with E-state index >= 15 is 0 Å². The van der Waals surface area contributed by atoms with E-state index in [1.807, 2.05) is 18.2 Å². The molecule has 1 N–H and O–H groups in total. The molecule has 0 aliphatic carbocycles. The van der Waals surface area contributed by atoms with Crippen molar-refractivity contribution in [2.75, 3.05) is 5.32 Å². The monoisotopic (exact) mass is 266 g/mol. The van der Waals surface area contributed by atoms with Crippen LogP contribution in [0.4, 0.5) is 10.1 Å². The molecule has 3 rings (SSSR count). The van der Waals surface area contributed by atoms with Crippen LogP contribution in [0.5, 0.6) is 0 Å². The van der Waals surface area contributed by atoms with Crippen LogP contribution in [-0.2, 0) is 0 Å². The molecule has 98 valence electrons. The lowest BCUT2D eigenvalue weighted by Crippen LogP contribution is -2.13. The van der Waals surface area contributed by atoms with Crippen LogP contribution < -0.4 is 5.32 Å². The molecule has 0 spiro atoms. The van der Waals surface area contributed by atoms with Crippen molar-refractivity contribution >= 4 is 22.5 Å². The average Bonchev–Trinajstić information content (AvgIpc) is 2.47. The number of rotatable bonds is 2. The summed E-state index contributed by atoms with van der Waals surface area (Å²) in [6.07, 6.45) is 0. The molecule has 0 unspecified atom stereocenters. The highest BCUT2D eigenvalue weighted by molar-refractivity contribution is 6.04. The summed E-state index contributed by atoms with van der Waals surface area (Å²) in [6.45, 7) is 0. The number of hydrogen-bond acceptors (Lipinski definition) is 2. The van der Waals surface area contributed by atoms with Gasteiger partial charge in [-0.05, 0) is 36.4 Å². The number of para-hydroxylation sites is 1. The lowest BCUT2D eigenvalue weighted by Gasteiger charge is -2.05. The second-order valence-corrected chi connectivity index (χ2v) is 4.35. The number of pyridine rings is 1. The van der Waals surface area contributed by atoms with Crippen molar-refractivity contribution in [3.8, 4) is 0 Å².